The molecule has 0 fully saturated rings. The third-order valence-electron chi connectivity index (χ3n) is 2.64. The van der Waals surface area contributed by atoms with Crippen LogP contribution in [0, 0.1) is 11.2 Å². The quantitative estimate of drug-likeness (QED) is 0.662. The van der Waals surface area contributed by atoms with Crippen LogP contribution in [0.2, 0.25) is 10.0 Å². The predicted molar refractivity (Wildman–Crippen MR) is 78.2 cm³/mol. The lowest BCUT2D eigenvalue weighted by Gasteiger charge is -2.10. The smallest absolute Gasteiger partial charge is 0.138 e. The Hall–Kier alpha value is -1.78. The highest BCUT2D eigenvalue weighted by molar-refractivity contribution is 6.32. The average Bonchev–Trinajstić information content (AvgIpc) is 2.38. The molecule has 0 aromatic heterocycles. The van der Waals surface area contributed by atoms with Crippen LogP contribution in [0.4, 0.5) is 4.39 Å². The van der Waals surface area contributed by atoms with Crippen molar-refractivity contribution >= 4 is 29.0 Å². The van der Waals surface area contributed by atoms with Crippen LogP contribution in [0.5, 0.6) is 5.75 Å². The number of rotatable bonds is 4. The third kappa shape index (κ3) is 3.40. The first-order chi connectivity index (χ1) is 9.47. The van der Waals surface area contributed by atoms with Gasteiger partial charge in [-0.15, -0.1) is 0 Å². The Kier molecular flexibility index (Phi) is 4.47. The van der Waals surface area contributed by atoms with E-state index in [9.17, 15) is 4.39 Å². The molecule has 3 N–H and O–H groups in total. The van der Waals surface area contributed by atoms with Gasteiger partial charge in [-0.3, -0.25) is 5.41 Å². The summed E-state index contributed by atoms with van der Waals surface area (Å²) in [6.45, 7) is 0.0299. The molecule has 0 aliphatic rings. The van der Waals surface area contributed by atoms with E-state index < -0.39 is 5.82 Å². The van der Waals surface area contributed by atoms with E-state index in [1.165, 1.54) is 12.1 Å². The molecule has 20 heavy (non-hydrogen) atoms. The van der Waals surface area contributed by atoms with Gasteiger partial charge in [-0.05, 0) is 30.3 Å². The lowest BCUT2D eigenvalue weighted by molar-refractivity contribution is 0.300. The summed E-state index contributed by atoms with van der Waals surface area (Å²) >= 11 is 11.7. The number of amidine groups is 1. The second kappa shape index (κ2) is 6.11. The van der Waals surface area contributed by atoms with E-state index >= 15 is 0 Å². The zero-order valence-corrected chi connectivity index (χ0v) is 11.8. The molecule has 0 saturated heterocycles. The Labute approximate surface area is 125 Å². The zero-order valence-electron chi connectivity index (χ0n) is 10.3. The van der Waals surface area contributed by atoms with Crippen molar-refractivity contribution in [2.75, 3.05) is 0 Å². The fourth-order valence-corrected chi connectivity index (χ4v) is 1.97. The van der Waals surface area contributed by atoms with Crippen LogP contribution < -0.4 is 10.5 Å². The number of halogens is 3. The van der Waals surface area contributed by atoms with E-state index in [1.54, 1.807) is 24.3 Å². The Morgan fingerprint density at radius 2 is 1.95 bits per heavy atom. The van der Waals surface area contributed by atoms with Crippen LogP contribution in [-0.2, 0) is 6.61 Å². The molecule has 0 aliphatic carbocycles. The van der Waals surface area contributed by atoms with E-state index in [4.69, 9.17) is 39.1 Å². The van der Waals surface area contributed by atoms with Crippen molar-refractivity contribution in [2.45, 2.75) is 6.61 Å². The van der Waals surface area contributed by atoms with Gasteiger partial charge in [-0.25, -0.2) is 4.39 Å². The third-order valence-corrected chi connectivity index (χ3v) is 3.17. The highest BCUT2D eigenvalue weighted by atomic mass is 35.5. The van der Waals surface area contributed by atoms with Crippen LogP contribution in [0.1, 0.15) is 11.1 Å². The van der Waals surface area contributed by atoms with Crippen LogP contribution >= 0.6 is 23.2 Å². The van der Waals surface area contributed by atoms with Crippen LogP contribution in [0.3, 0.4) is 0 Å². The van der Waals surface area contributed by atoms with Crippen molar-refractivity contribution < 1.29 is 9.13 Å². The molecular weight excluding hydrogens is 302 g/mol. The Morgan fingerprint density at radius 1 is 1.20 bits per heavy atom. The molecule has 0 atom stereocenters. The molecule has 2 rings (SSSR count). The first-order valence-electron chi connectivity index (χ1n) is 5.68. The lowest BCUT2D eigenvalue weighted by atomic mass is 10.2. The number of nitrogen functional groups attached to an aromatic ring is 1. The zero-order chi connectivity index (χ0) is 14.7. The maximum atomic E-state index is 13.6. The summed E-state index contributed by atoms with van der Waals surface area (Å²) in [6, 6.07) is 9.09. The Bertz CT molecular complexity index is 662. The van der Waals surface area contributed by atoms with E-state index in [0.29, 0.717) is 26.9 Å². The summed E-state index contributed by atoms with van der Waals surface area (Å²) in [6.07, 6.45) is 0. The van der Waals surface area contributed by atoms with Gasteiger partial charge in [0.25, 0.3) is 0 Å². The molecule has 0 aliphatic heterocycles. The maximum absolute atomic E-state index is 13.6. The van der Waals surface area contributed by atoms with Gasteiger partial charge in [-0.2, -0.15) is 0 Å². The van der Waals surface area contributed by atoms with Crippen molar-refractivity contribution in [3.05, 3.63) is 63.4 Å². The van der Waals surface area contributed by atoms with Gasteiger partial charge < -0.3 is 10.5 Å². The number of benzene rings is 2. The molecule has 0 heterocycles. The SMILES string of the molecule is N=C(N)c1ccc(OCc2ccc(Cl)cc2F)c(Cl)c1. The molecule has 2 aromatic carbocycles. The molecule has 0 saturated carbocycles. The van der Waals surface area contributed by atoms with Gasteiger partial charge in [-0.1, -0.05) is 29.3 Å². The summed E-state index contributed by atoms with van der Waals surface area (Å²) < 4.78 is 19.0. The summed E-state index contributed by atoms with van der Waals surface area (Å²) in [5.74, 6) is -0.123. The highest BCUT2D eigenvalue weighted by Gasteiger charge is 2.08. The lowest BCUT2D eigenvalue weighted by Crippen LogP contribution is -2.10. The van der Waals surface area contributed by atoms with Crippen molar-refractivity contribution in [3.8, 4) is 5.75 Å². The van der Waals surface area contributed by atoms with E-state index in [0.717, 1.165) is 0 Å². The molecule has 0 amide bonds. The summed E-state index contributed by atoms with van der Waals surface area (Å²) in [5.41, 5.74) is 6.23. The number of ether oxygens (including phenoxy) is 1. The van der Waals surface area contributed by atoms with Crippen molar-refractivity contribution in [3.63, 3.8) is 0 Å². The molecule has 104 valence electrons. The minimum absolute atomic E-state index is 0.0299. The highest BCUT2D eigenvalue weighted by Crippen LogP contribution is 2.26. The van der Waals surface area contributed by atoms with Gasteiger partial charge in [0.15, 0.2) is 0 Å². The minimum atomic E-state index is -0.436. The van der Waals surface area contributed by atoms with Crippen LogP contribution in [0.15, 0.2) is 36.4 Å². The Balaban J connectivity index is 2.13. The first-order valence-corrected chi connectivity index (χ1v) is 6.43. The van der Waals surface area contributed by atoms with E-state index in [-0.39, 0.29) is 12.4 Å². The second-order valence-electron chi connectivity index (χ2n) is 4.08. The molecule has 0 radical (unpaired) electrons. The molecule has 0 bridgehead atoms. The topological polar surface area (TPSA) is 59.1 Å². The fraction of sp³-hybridized carbons (Fsp3) is 0.0714. The maximum Gasteiger partial charge on any atom is 0.138 e. The van der Waals surface area contributed by atoms with Gasteiger partial charge >= 0.3 is 0 Å². The largest absolute Gasteiger partial charge is 0.487 e. The molecule has 0 spiro atoms. The monoisotopic (exact) mass is 312 g/mol. The van der Waals surface area contributed by atoms with Gasteiger partial charge in [0, 0.05) is 16.1 Å². The van der Waals surface area contributed by atoms with Crippen LogP contribution in [-0.4, -0.2) is 5.84 Å². The fourth-order valence-electron chi connectivity index (χ4n) is 1.58. The normalized spacial score (nSPS) is 10.3. The molecule has 0 unspecified atom stereocenters. The van der Waals surface area contributed by atoms with Gasteiger partial charge in [0.2, 0.25) is 0 Å². The molecule has 3 nitrogen and oxygen atoms in total. The predicted octanol–water partition coefficient (Wildman–Crippen LogP) is 4.00. The summed E-state index contributed by atoms with van der Waals surface area (Å²) in [7, 11) is 0. The van der Waals surface area contributed by atoms with Crippen LogP contribution in [0.25, 0.3) is 0 Å². The number of hydrogen-bond donors (Lipinski definition) is 2. The van der Waals surface area contributed by atoms with Gasteiger partial charge in [0.05, 0.1) is 5.02 Å². The number of nitrogens with two attached hydrogens (primary N) is 1. The molecular formula is C14H11Cl2FN2O. The molecule has 6 heteroatoms. The van der Waals surface area contributed by atoms with E-state index in [1.807, 2.05) is 0 Å². The average molecular weight is 313 g/mol. The van der Waals surface area contributed by atoms with E-state index in [2.05, 4.69) is 0 Å². The van der Waals surface area contributed by atoms with Gasteiger partial charge in [0.1, 0.15) is 24.0 Å². The van der Waals surface area contributed by atoms with Crippen molar-refractivity contribution in [1.82, 2.24) is 0 Å². The Morgan fingerprint density at radius 3 is 2.55 bits per heavy atom. The van der Waals surface area contributed by atoms with Crippen molar-refractivity contribution in [2.24, 2.45) is 5.73 Å². The first kappa shape index (κ1) is 14.6. The second-order valence-corrected chi connectivity index (χ2v) is 4.93. The summed E-state index contributed by atoms with van der Waals surface area (Å²) in [4.78, 5) is 0. The minimum Gasteiger partial charge on any atom is -0.487 e. The standard InChI is InChI=1S/C14H11Cl2FN2O/c15-10-3-1-9(12(17)6-10)7-20-13-4-2-8(14(18)19)5-11(13)16/h1-6H,7H2,(H3,18,19). The summed E-state index contributed by atoms with van der Waals surface area (Å²) in [5, 5.41) is 7.94. The number of hydrogen-bond acceptors (Lipinski definition) is 2. The van der Waals surface area contributed by atoms with Crippen molar-refractivity contribution in [1.29, 1.82) is 5.41 Å². The molecule has 2 aromatic rings. The number of nitrogens with one attached hydrogen (secondary N) is 1.